The summed E-state index contributed by atoms with van der Waals surface area (Å²) in [4.78, 5) is 39.1. The van der Waals surface area contributed by atoms with Crippen molar-refractivity contribution in [3.05, 3.63) is 24.3 Å². The second-order valence-corrected chi connectivity index (χ2v) is 6.17. The molecule has 1 saturated carbocycles. The number of ether oxygens (including phenoxy) is 1. The van der Waals surface area contributed by atoms with Crippen molar-refractivity contribution in [3.8, 4) is 5.75 Å². The van der Waals surface area contributed by atoms with Crippen LogP contribution in [0.2, 0.25) is 0 Å². The number of hydrogen-bond acceptors (Lipinski definition) is 4. The topological polar surface area (TPSA) is 91.0 Å². The van der Waals surface area contributed by atoms with Crippen LogP contribution in [0.1, 0.15) is 12.8 Å². The standard InChI is InChI=1S/C17H22N4O4/c1-25-14-6-4-13(5-7-14)21-9-8-20(17(21)24)11-16(23)18-10-15(22)19-12-2-3-12/h4-7,12H,2-3,8-11H2,1H3,(H,18,23)(H,19,22). The van der Waals surface area contributed by atoms with Gasteiger partial charge in [0.2, 0.25) is 11.8 Å². The molecule has 2 fully saturated rings. The molecule has 2 N–H and O–H groups in total. The lowest BCUT2D eigenvalue weighted by molar-refractivity contribution is -0.126. The Labute approximate surface area is 146 Å². The average molecular weight is 346 g/mol. The summed E-state index contributed by atoms with van der Waals surface area (Å²) in [5.74, 6) is 0.190. The number of hydrogen-bond donors (Lipinski definition) is 2. The van der Waals surface area contributed by atoms with Gasteiger partial charge in [-0.15, -0.1) is 0 Å². The molecule has 0 spiro atoms. The van der Waals surface area contributed by atoms with Crippen LogP contribution in [0, 0.1) is 0 Å². The number of nitrogens with zero attached hydrogens (tertiary/aromatic N) is 2. The zero-order valence-electron chi connectivity index (χ0n) is 14.2. The highest BCUT2D eigenvalue weighted by molar-refractivity contribution is 5.96. The normalized spacial score (nSPS) is 16.8. The van der Waals surface area contributed by atoms with E-state index in [1.54, 1.807) is 24.1 Å². The van der Waals surface area contributed by atoms with Crippen LogP contribution in [0.3, 0.4) is 0 Å². The highest BCUT2D eigenvalue weighted by atomic mass is 16.5. The van der Waals surface area contributed by atoms with Crippen molar-refractivity contribution in [2.24, 2.45) is 0 Å². The molecular formula is C17H22N4O4. The Bertz CT molecular complexity index is 657. The van der Waals surface area contributed by atoms with Gasteiger partial charge >= 0.3 is 6.03 Å². The minimum atomic E-state index is -0.337. The summed E-state index contributed by atoms with van der Waals surface area (Å²) in [7, 11) is 1.58. The molecule has 1 aliphatic carbocycles. The first-order valence-electron chi connectivity index (χ1n) is 8.33. The van der Waals surface area contributed by atoms with Gasteiger partial charge in [0, 0.05) is 24.8 Å². The molecule has 0 aromatic heterocycles. The first kappa shape index (κ1) is 17.1. The van der Waals surface area contributed by atoms with Gasteiger partial charge in [-0.3, -0.25) is 14.5 Å². The number of rotatable bonds is 7. The van der Waals surface area contributed by atoms with E-state index >= 15 is 0 Å². The Morgan fingerprint density at radius 1 is 1.16 bits per heavy atom. The zero-order chi connectivity index (χ0) is 17.8. The van der Waals surface area contributed by atoms with Gasteiger partial charge in [-0.2, -0.15) is 0 Å². The van der Waals surface area contributed by atoms with Crippen LogP contribution < -0.4 is 20.3 Å². The number of methoxy groups -OCH3 is 1. The molecule has 8 nitrogen and oxygen atoms in total. The summed E-state index contributed by atoms with van der Waals surface area (Å²) in [6.07, 6.45) is 2.01. The SMILES string of the molecule is COc1ccc(N2CCN(CC(=O)NCC(=O)NC3CC3)C2=O)cc1. The van der Waals surface area contributed by atoms with E-state index in [-0.39, 0.29) is 37.0 Å². The second-order valence-electron chi connectivity index (χ2n) is 6.17. The first-order valence-corrected chi connectivity index (χ1v) is 8.33. The largest absolute Gasteiger partial charge is 0.497 e. The van der Waals surface area contributed by atoms with E-state index < -0.39 is 0 Å². The molecule has 0 bridgehead atoms. The number of amides is 4. The van der Waals surface area contributed by atoms with Gasteiger partial charge < -0.3 is 20.3 Å². The van der Waals surface area contributed by atoms with Crippen molar-refractivity contribution >= 4 is 23.5 Å². The van der Waals surface area contributed by atoms with Gasteiger partial charge in [0.15, 0.2) is 0 Å². The molecule has 25 heavy (non-hydrogen) atoms. The van der Waals surface area contributed by atoms with E-state index in [2.05, 4.69) is 10.6 Å². The molecule has 1 aliphatic heterocycles. The zero-order valence-corrected chi connectivity index (χ0v) is 14.2. The molecule has 8 heteroatoms. The number of nitrogens with one attached hydrogen (secondary N) is 2. The van der Waals surface area contributed by atoms with Crippen molar-refractivity contribution in [2.45, 2.75) is 18.9 Å². The molecule has 2 aliphatic rings. The summed E-state index contributed by atoms with van der Waals surface area (Å²) in [5.41, 5.74) is 0.762. The molecule has 1 aromatic carbocycles. The van der Waals surface area contributed by atoms with Crippen LogP contribution in [0.25, 0.3) is 0 Å². The molecule has 4 amide bonds. The summed E-state index contributed by atoms with van der Waals surface area (Å²) in [5, 5.41) is 5.35. The highest BCUT2D eigenvalue weighted by Gasteiger charge is 2.31. The smallest absolute Gasteiger partial charge is 0.325 e. The average Bonchev–Trinajstić information content (AvgIpc) is 3.36. The Balaban J connectivity index is 1.47. The Morgan fingerprint density at radius 3 is 2.52 bits per heavy atom. The molecule has 134 valence electrons. The Hall–Kier alpha value is -2.77. The van der Waals surface area contributed by atoms with E-state index in [1.807, 2.05) is 12.1 Å². The van der Waals surface area contributed by atoms with E-state index in [0.717, 1.165) is 24.3 Å². The summed E-state index contributed by atoms with van der Waals surface area (Å²) in [6.45, 7) is 0.870. The van der Waals surface area contributed by atoms with Gasteiger partial charge in [0.1, 0.15) is 12.3 Å². The summed E-state index contributed by atoms with van der Waals surface area (Å²) in [6, 6.07) is 7.24. The number of anilines is 1. The van der Waals surface area contributed by atoms with Gasteiger partial charge in [0.05, 0.1) is 13.7 Å². The molecule has 1 heterocycles. The lowest BCUT2D eigenvalue weighted by atomic mass is 10.3. The molecular weight excluding hydrogens is 324 g/mol. The molecule has 0 radical (unpaired) electrons. The van der Waals surface area contributed by atoms with Gasteiger partial charge in [-0.05, 0) is 37.1 Å². The molecule has 1 saturated heterocycles. The van der Waals surface area contributed by atoms with Crippen molar-refractivity contribution in [3.63, 3.8) is 0 Å². The fraction of sp³-hybridized carbons (Fsp3) is 0.471. The number of benzene rings is 1. The van der Waals surface area contributed by atoms with E-state index in [0.29, 0.717) is 13.1 Å². The number of carbonyl (C=O) groups is 3. The maximum absolute atomic E-state index is 12.4. The third kappa shape index (κ3) is 4.40. The Kier molecular flexibility index (Phi) is 5.06. The molecule has 3 rings (SSSR count). The van der Waals surface area contributed by atoms with Crippen LogP contribution in [-0.4, -0.2) is 62.1 Å². The van der Waals surface area contributed by atoms with Crippen molar-refractivity contribution < 1.29 is 19.1 Å². The monoisotopic (exact) mass is 346 g/mol. The fourth-order valence-electron chi connectivity index (χ4n) is 2.65. The number of urea groups is 1. The summed E-state index contributed by atoms with van der Waals surface area (Å²) < 4.78 is 5.11. The minimum Gasteiger partial charge on any atom is -0.497 e. The molecule has 0 atom stereocenters. The molecule has 1 aromatic rings. The Morgan fingerprint density at radius 2 is 1.88 bits per heavy atom. The van der Waals surface area contributed by atoms with Crippen LogP contribution >= 0.6 is 0 Å². The fourth-order valence-corrected chi connectivity index (χ4v) is 2.65. The van der Waals surface area contributed by atoms with Gasteiger partial charge in [-0.25, -0.2) is 4.79 Å². The second kappa shape index (κ2) is 7.42. The minimum absolute atomic E-state index is 0.0534. The van der Waals surface area contributed by atoms with Crippen LogP contribution in [0.15, 0.2) is 24.3 Å². The van der Waals surface area contributed by atoms with Crippen LogP contribution in [0.5, 0.6) is 5.75 Å². The number of carbonyl (C=O) groups excluding carboxylic acids is 3. The lowest BCUT2D eigenvalue weighted by Gasteiger charge is -2.18. The first-order chi connectivity index (χ1) is 12.1. The van der Waals surface area contributed by atoms with Crippen molar-refractivity contribution in [2.75, 3.05) is 38.2 Å². The third-order valence-corrected chi connectivity index (χ3v) is 4.20. The van der Waals surface area contributed by atoms with Crippen molar-refractivity contribution in [1.29, 1.82) is 0 Å². The maximum Gasteiger partial charge on any atom is 0.325 e. The summed E-state index contributed by atoms with van der Waals surface area (Å²) >= 11 is 0. The predicted molar refractivity (Wildman–Crippen MR) is 91.5 cm³/mol. The maximum atomic E-state index is 12.4. The van der Waals surface area contributed by atoms with Crippen molar-refractivity contribution in [1.82, 2.24) is 15.5 Å². The van der Waals surface area contributed by atoms with E-state index in [1.165, 1.54) is 4.90 Å². The molecule has 0 unspecified atom stereocenters. The van der Waals surface area contributed by atoms with Crippen LogP contribution in [-0.2, 0) is 9.59 Å². The quantitative estimate of drug-likeness (QED) is 0.744. The van der Waals surface area contributed by atoms with Gasteiger partial charge in [-0.1, -0.05) is 0 Å². The lowest BCUT2D eigenvalue weighted by Crippen LogP contribution is -2.43. The van der Waals surface area contributed by atoms with E-state index in [4.69, 9.17) is 4.74 Å². The third-order valence-electron chi connectivity index (χ3n) is 4.20. The van der Waals surface area contributed by atoms with Gasteiger partial charge in [0.25, 0.3) is 0 Å². The van der Waals surface area contributed by atoms with E-state index in [9.17, 15) is 14.4 Å². The highest BCUT2D eigenvalue weighted by Crippen LogP contribution is 2.23. The predicted octanol–water partition coefficient (Wildman–Crippen LogP) is 0.332. The van der Waals surface area contributed by atoms with Crippen LogP contribution in [0.4, 0.5) is 10.5 Å².